The first-order valence-electron chi connectivity index (χ1n) is 24.4. The zero-order valence-corrected chi connectivity index (χ0v) is 39.6. The standard InChI is InChI=1S/C68H48N4/c1-5-41-33-51(47-25-17-11-18-26-47)65-54(36-41)56-38-61-67-49(45-21-13-9-14-22-45)31-29-44(8-4)64(67)58(71-61)40-62-68-50(46-23-15-10-16-24-46)32-30-43(7-3)63(68)57(72-62)39-60-66-52(48-27-19-12-20-28-48)34-42(6-2)35-53(66)55(70-60)37-59(65)69-56/h5-40,69-72H,1-4H2. The topological polar surface area (TPSA) is 63.2 Å². The van der Waals surface area contributed by atoms with Gasteiger partial charge in [0.2, 0.25) is 0 Å². The van der Waals surface area contributed by atoms with Crippen LogP contribution in [-0.4, -0.2) is 19.9 Å². The minimum atomic E-state index is 0.962. The van der Waals surface area contributed by atoms with Crippen LogP contribution in [0.1, 0.15) is 45.0 Å². The van der Waals surface area contributed by atoms with Crippen molar-refractivity contribution in [2.45, 2.75) is 0 Å². The van der Waals surface area contributed by atoms with Crippen LogP contribution in [0.2, 0.25) is 0 Å². The van der Waals surface area contributed by atoms with Crippen molar-refractivity contribution in [3.63, 3.8) is 0 Å². The molecule has 0 spiro atoms. The highest BCUT2D eigenvalue weighted by molar-refractivity contribution is 6.12. The summed E-state index contributed by atoms with van der Waals surface area (Å²) in [6.07, 6.45) is 17.0. The number of nitrogens with one attached hydrogen (secondary N) is 4. The number of H-pyrrole nitrogens is 4. The van der Waals surface area contributed by atoms with E-state index in [0.717, 1.165) is 154 Å². The molecule has 4 heteroatoms. The number of rotatable bonds is 8. The maximum absolute atomic E-state index is 4.38. The first-order valence-corrected chi connectivity index (χ1v) is 24.4. The van der Waals surface area contributed by atoms with E-state index in [9.17, 15) is 0 Å². The Labute approximate surface area is 416 Å². The zero-order valence-electron chi connectivity index (χ0n) is 39.6. The van der Waals surface area contributed by atoms with Crippen LogP contribution in [-0.2, 0) is 0 Å². The van der Waals surface area contributed by atoms with Gasteiger partial charge in [-0.15, -0.1) is 0 Å². The summed E-state index contributed by atoms with van der Waals surface area (Å²) in [5.41, 5.74) is 17.0. The van der Waals surface area contributed by atoms with E-state index in [0.29, 0.717) is 0 Å². The fraction of sp³-hybridized carbons (Fsp3) is 0. The average Bonchev–Trinajstić information content (AvgIpc) is 4.19. The first kappa shape index (κ1) is 42.5. The molecule has 0 saturated heterocycles. The van der Waals surface area contributed by atoms with E-state index in [-0.39, 0.29) is 0 Å². The molecule has 8 bridgehead atoms. The molecule has 4 nitrogen and oxygen atoms in total. The summed E-state index contributed by atoms with van der Waals surface area (Å²) in [5.74, 6) is 0. The van der Waals surface area contributed by atoms with Gasteiger partial charge in [0.25, 0.3) is 0 Å². The van der Waals surface area contributed by atoms with Gasteiger partial charge in [-0.3, -0.25) is 0 Å². The second-order valence-electron chi connectivity index (χ2n) is 18.6. The third-order valence-corrected chi connectivity index (χ3v) is 14.5. The van der Waals surface area contributed by atoms with Gasteiger partial charge in [-0.2, -0.15) is 0 Å². The minimum Gasteiger partial charge on any atom is -0.354 e. The van der Waals surface area contributed by atoms with Crippen molar-refractivity contribution in [2.24, 2.45) is 0 Å². The van der Waals surface area contributed by atoms with Crippen molar-refractivity contribution in [1.29, 1.82) is 0 Å². The minimum absolute atomic E-state index is 0.962. The van der Waals surface area contributed by atoms with Gasteiger partial charge in [-0.05, 0) is 115 Å². The molecule has 0 unspecified atom stereocenters. The van der Waals surface area contributed by atoms with Crippen LogP contribution in [0.5, 0.6) is 0 Å². The van der Waals surface area contributed by atoms with Crippen molar-refractivity contribution >= 4 is 91.7 Å². The molecule has 8 aromatic carbocycles. The summed E-state index contributed by atoms with van der Waals surface area (Å²) in [7, 11) is 0. The molecule has 0 saturated carbocycles. The molecule has 12 aromatic rings. The molecule has 4 N–H and O–H groups in total. The Morgan fingerprint density at radius 3 is 1.24 bits per heavy atom. The third-order valence-electron chi connectivity index (χ3n) is 14.5. The Bertz CT molecular complexity index is 4480. The lowest BCUT2D eigenvalue weighted by Crippen LogP contribution is -2.11. The summed E-state index contributed by atoms with van der Waals surface area (Å²) < 4.78 is 0. The van der Waals surface area contributed by atoms with Crippen LogP contribution < -0.4 is 21.4 Å². The average molecular weight is 921 g/mol. The van der Waals surface area contributed by atoms with Crippen molar-refractivity contribution in [3.05, 3.63) is 263 Å². The molecule has 0 atom stereocenters. The van der Waals surface area contributed by atoms with Crippen LogP contribution in [0.4, 0.5) is 0 Å². The highest BCUT2D eigenvalue weighted by atomic mass is 14.8. The molecule has 1 aliphatic rings. The summed E-state index contributed by atoms with van der Waals surface area (Å²) in [6, 6.07) is 60.6. The second-order valence-corrected chi connectivity index (χ2v) is 18.6. The Hall–Kier alpha value is -9.64. The number of aromatic amines is 4. The predicted molar refractivity (Wildman–Crippen MR) is 308 cm³/mol. The summed E-state index contributed by atoms with van der Waals surface area (Å²) in [5, 5.41) is 12.6. The Balaban J connectivity index is 1.29. The van der Waals surface area contributed by atoms with Gasteiger partial charge in [0.15, 0.2) is 0 Å². The van der Waals surface area contributed by atoms with Crippen LogP contribution in [0.25, 0.3) is 136 Å². The van der Waals surface area contributed by atoms with Gasteiger partial charge in [0.1, 0.15) is 0 Å². The van der Waals surface area contributed by atoms with Gasteiger partial charge in [0.05, 0.1) is 0 Å². The number of aromatic nitrogens is 4. The van der Waals surface area contributed by atoms with Gasteiger partial charge in [0, 0.05) is 87.3 Å². The number of hydrogen-bond acceptors (Lipinski definition) is 0. The lowest BCUT2D eigenvalue weighted by atomic mass is 9.94. The summed E-state index contributed by atoms with van der Waals surface area (Å²) >= 11 is 0. The molecule has 0 fully saturated rings. The molecule has 340 valence electrons. The smallest absolute Gasteiger partial charge is 0.0492 e. The molecule has 1 aliphatic heterocycles. The number of fused-ring (bicyclic) bond motifs is 20. The summed E-state index contributed by atoms with van der Waals surface area (Å²) in [6.45, 7) is 17.3. The van der Waals surface area contributed by atoms with E-state index in [1.165, 1.54) is 0 Å². The Kier molecular flexibility index (Phi) is 10.1. The zero-order chi connectivity index (χ0) is 48.5. The predicted octanol–water partition coefficient (Wildman–Crippen LogP) is 14.5. The lowest BCUT2D eigenvalue weighted by molar-refractivity contribution is 1.24. The molecular formula is C68H48N4. The van der Waals surface area contributed by atoms with E-state index in [1.807, 2.05) is 24.3 Å². The van der Waals surface area contributed by atoms with Crippen molar-refractivity contribution < 1.29 is 0 Å². The monoisotopic (exact) mass is 920 g/mol. The van der Waals surface area contributed by atoms with Gasteiger partial charge < -0.3 is 19.9 Å². The van der Waals surface area contributed by atoms with Crippen molar-refractivity contribution in [1.82, 2.24) is 19.9 Å². The van der Waals surface area contributed by atoms with Crippen LogP contribution in [0.3, 0.4) is 0 Å². The SMILES string of the molecule is C=Cc1cc(-c2ccccc2)c2c3[nH]c(c2c1)C=c1[nH]c(c2cc(C=C)cc(-c4ccccc4)c12)=Cc1[nH]c(c2c(C=C)ccc(-c4ccccc4)c12)C=c1[nH]c(c2c(C=C)ccc(-c4ccccc4)c12)=C3. The van der Waals surface area contributed by atoms with Crippen molar-refractivity contribution in [2.75, 3.05) is 0 Å². The molecule has 13 rings (SSSR count). The Morgan fingerprint density at radius 1 is 0.278 bits per heavy atom. The largest absolute Gasteiger partial charge is 0.354 e. The molecule has 5 heterocycles. The highest BCUT2D eigenvalue weighted by Gasteiger charge is 2.21. The van der Waals surface area contributed by atoms with Gasteiger partial charge in [-0.1, -0.05) is 196 Å². The molecule has 0 aliphatic carbocycles. The number of hydrogen-bond donors (Lipinski definition) is 4. The second kappa shape index (κ2) is 17.1. The summed E-state index contributed by atoms with van der Waals surface area (Å²) in [4.78, 5) is 16.1. The van der Waals surface area contributed by atoms with Crippen LogP contribution in [0.15, 0.2) is 196 Å². The quantitative estimate of drug-likeness (QED) is 0.117. The highest BCUT2D eigenvalue weighted by Crippen LogP contribution is 2.40. The lowest BCUT2D eigenvalue weighted by Gasteiger charge is -2.09. The van der Waals surface area contributed by atoms with Crippen molar-refractivity contribution in [3.8, 4) is 44.5 Å². The maximum Gasteiger partial charge on any atom is 0.0492 e. The maximum atomic E-state index is 4.38. The van der Waals surface area contributed by atoms with E-state index in [4.69, 9.17) is 0 Å². The molecular weight excluding hydrogens is 873 g/mol. The van der Waals surface area contributed by atoms with Gasteiger partial charge >= 0.3 is 0 Å². The van der Waals surface area contributed by atoms with E-state index in [1.54, 1.807) is 0 Å². The van der Waals surface area contributed by atoms with Crippen LogP contribution >= 0.6 is 0 Å². The third kappa shape index (κ3) is 6.84. The first-order chi connectivity index (χ1) is 35.5. The van der Waals surface area contributed by atoms with E-state index >= 15 is 0 Å². The molecule has 4 aromatic heterocycles. The van der Waals surface area contributed by atoms with Crippen LogP contribution in [0, 0.1) is 0 Å². The molecule has 0 radical (unpaired) electrons. The fourth-order valence-electron chi connectivity index (χ4n) is 11.2. The Morgan fingerprint density at radius 2 is 0.681 bits per heavy atom. The van der Waals surface area contributed by atoms with E-state index < -0.39 is 0 Å². The van der Waals surface area contributed by atoms with E-state index in [2.05, 4.69) is 240 Å². The molecule has 72 heavy (non-hydrogen) atoms. The fourth-order valence-corrected chi connectivity index (χ4v) is 11.2. The van der Waals surface area contributed by atoms with Gasteiger partial charge in [-0.25, -0.2) is 0 Å². The molecule has 0 amide bonds. The normalized spacial score (nSPS) is 12.0. The number of benzene rings is 8.